The molecule has 1 aliphatic heterocycles. The van der Waals surface area contributed by atoms with E-state index in [4.69, 9.17) is 0 Å². The predicted molar refractivity (Wildman–Crippen MR) is 78.2 cm³/mol. The molecule has 1 unspecified atom stereocenters. The van der Waals surface area contributed by atoms with Crippen LogP contribution in [0.25, 0.3) is 0 Å². The molecule has 2 rings (SSSR count). The van der Waals surface area contributed by atoms with E-state index in [0.717, 1.165) is 16.5 Å². The van der Waals surface area contributed by atoms with Crippen molar-refractivity contribution in [2.45, 2.75) is 26.7 Å². The van der Waals surface area contributed by atoms with Gasteiger partial charge in [-0.2, -0.15) is 0 Å². The zero-order valence-electron chi connectivity index (χ0n) is 11.3. The molecule has 0 N–H and O–H groups in total. The second kappa shape index (κ2) is 5.87. The number of ketones is 1. The lowest BCUT2D eigenvalue weighted by Gasteiger charge is -2.31. The van der Waals surface area contributed by atoms with Gasteiger partial charge in [0.05, 0.1) is 5.56 Å². The van der Waals surface area contributed by atoms with E-state index in [1.807, 2.05) is 32.0 Å². The first-order valence-corrected chi connectivity index (χ1v) is 7.40. The van der Waals surface area contributed by atoms with Gasteiger partial charge in [-0.15, -0.1) is 0 Å². The van der Waals surface area contributed by atoms with Crippen molar-refractivity contribution in [3.63, 3.8) is 0 Å². The van der Waals surface area contributed by atoms with Gasteiger partial charge in [0.1, 0.15) is 5.78 Å². The molecule has 0 saturated carbocycles. The first-order chi connectivity index (χ1) is 9.02. The molecule has 1 fully saturated rings. The minimum Gasteiger partial charge on any atom is -0.337 e. The topological polar surface area (TPSA) is 37.4 Å². The Morgan fingerprint density at radius 3 is 2.84 bits per heavy atom. The van der Waals surface area contributed by atoms with Gasteiger partial charge in [-0.1, -0.05) is 13.0 Å². The molecule has 0 radical (unpaired) electrons. The maximum Gasteiger partial charge on any atom is 0.255 e. The van der Waals surface area contributed by atoms with Crippen molar-refractivity contribution in [1.29, 1.82) is 0 Å². The molecule has 0 spiro atoms. The molecule has 1 heterocycles. The van der Waals surface area contributed by atoms with Gasteiger partial charge in [0, 0.05) is 29.9 Å². The predicted octanol–water partition coefficient (Wildman–Crippen LogP) is 3.20. The molecule has 0 bridgehead atoms. The Morgan fingerprint density at radius 1 is 1.47 bits per heavy atom. The molecule has 4 heteroatoms. The molecule has 102 valence electrons. The lowest BCUT2D eigenvalue weighted by atomic mass is 9.93. The highest BCUT2D eigenvalue weighted by Crippen LogP contribution is 2.23. The number of hydrogen-bond acceptors (Lipinski definition) is 2. The summed E-state index contributed by atoms with van der Waals surface area (Å²) in [5.41, 5.74) is 1.79. The number of halogens is 1. The number of Topliss-reactive ketones (excluding diaryl/α,β-unsaturated/α-hetero) is 1. The van der Waals surface area contributed by atoms with Gasteiger partial charge in [-0.05, 0) is 47.0 Å². The van der Waals surface area contributed by atoms with E-state index < -0.39 is 0 Å². The minimum atomic E-state index is 0.00178. The lowest BCUT2D eigenvalue weighted by Crippen LogP contribution is -2.44. The number of benzene rings is 1. The van der Waals surface area contributed by atoms with Gasteiger partial charge in [0.15, 0.2) is 0 Å². The molecule has 1 aliphatic rings. The third-order valence-electron chi connectivity index (χ3n) is 3.66. The molecule has 1 amide bonds. The first kappa shape index (κ1) is 14.3. The van der Waals surface area contributed by atoms with Crippen LogP contribution >= 0.6 is 15.9 Å². The third kappa shape index (κ3) is 3.06. The maximum atomic E-state index is 12.5. The van der Waals surface area contributed by atoms with Crippen LogP contribution < -0.4 is 0 Å². The van der Waals surface area contributed by atoms with E-state index in [2.05, 4.69) is 15.9 Å². The monoisotopic (exact) mass is 323 g/mol. The fraction of sp³-hybridized carbons (Fsp3) is 0.467. The van der Waals surface area contributed by atoms with Crippen LogP contribution in [0.15, 0.2) is 22.7 Å². The number of carbonyl (C=O) groups is 2. The molecule has 3 nitrogen and oxygen atoms in total. The van der Waals surface area contributed by atoms with E-state index >= 15 is 0 Å². The fourth-order valence-corrected chi connectivity index (χ4v) is 3.08. The Balaban J connectivity index is 2.18. The van der Waals surface area contributed by atoms with Crippen molar-refractivity contribution in [1.82, 2.24) is 4.90 Å². The quantitative estimate of drug-likeness (QED) is 0.838. The van der Waals surface area contributed by atoms with Gasteiger partial charge in [-0.3, -0.25) is 9.59 Å². The van der Waals surface area contributed by atoms with E-state index in [9.17, 15) is 9.59 Å². The smallest absolute Gasteiger partial charge is 0.255 e. The Bertz CT molecular complexity index is 513. The SMILES string of the molecule is CCC1CN(C(=O)c2ccc(C)cc2Br)CCC1=O. The average molecular weight is 324 g/mol. The zero-order chi connectivity index (χ0) is 14.0. The highest BCUT2D eigenvalue weighted by atomic mass is 79.9. The van der Waals surface area contributed by atoms with Crippen LogP contribution in [0.3, 0.4) is 0 Å². The summed E-state index contributed by atoms with van der Waals surface area (Å²) in [5, 5.41) is 0. The second-order valence-corrected chi connectivity index (χ2v) is 5.91. The molecule has 0 aromatic heterocycles. The van der Waals surface area contributed by atoms with Crippen molar-refractivity contribution < 1.29 is 9.59 Å². The van der Waals surface area contributed by atoms with Crippen LogP contribution in [0, 0.1) is 12.8 Å². The van der Waals surface area contributed by atoms with Gasteiger partial charge >= 0.3 is 0 Å². The number of carbonyl (C=O) groups excluding carboxylic acids is 2. The summed E-state index contributed by atoms with van der Waals surface area (Å²) < 4.78 is 0.822. The summed E-state index contributed by atoms with van der Waals surface area (Å²) in [6.45, 7) is 5.08. The number of likely N-dealkylation sites (tertiary alicyclic amines) is 1. The highest BCUT2D eigenvalue weighted by Gasteiger charge is 2.29. The summed E-state index contributed by atoms with van der Waals surface area (Å²) in [6, 6.07) is 5.73. The van der Waals surface area contributed by atoms with Gasteiger partial charge < -0.3 is 4.90 Å². The van der Waals surface area contributed by atoms with Crippen LogP contribution in [-0.4, -0.2) is 29.7 Å². The number of rotatable bonds is 2. The maximum absolute atomic E-state index is 12.5. The van der Waals surface area contributed by atoms with E-state index in [0.29, 0.717) is 25.1 Å². The van der Waals surface area contributed by atoms with Gasteiger partial charge in [0.2, 0.25) is 0 Å². The van der Waals surface area contributed by atoms with E-state index in [-0.39, 0.29) is 17.6 Å². The van der Waals surface area contributed by atoms with Crippen LogP contribution in [-0.2, 0) is 4.79 Å². The molecule has 1 aromatic rings. The minimum absolute atomic E-state index is 0.00178. The first-order valence-electron chi connectivity index (χ1n) is 6.61. The molecule has 1 saturated heterocycles. The number of amides is 1. The van der Waals surface area contributed by atoms with Gasteiger partial charge in [0.25, 0.3) is 5.91 Å². The second-order valence-electron chi connectivity index (χ2n) is 5.06. The van der Waals surface area contributed by atoms with Crippen molar-refractivity contribution in [2.24, 2.45) is 5.92 Å². The molecule has 0 aliphatic carbocycles. The summed E-state index contributed by atoms with van der Waals surface area (Å²) in [7, 11) is 0. The van der Waals surface area contributed by atoms with Gasteiger partial charge in [-0.25, -0.2) is 0 Å². The molecular weight excluding hydrogens is 306 g/mol. The van der Waals surface area contributed by atoms with Crippen molar-refractivity contribution in [2.75, 3.05) is 13.1 Å². The van der Waals surface area contributed by atoms with Crippen LogP contribution in [0.4, 0.5) is 0 Å². The summed E-state index contributed by atoms with van der Waals surface area (Å²) >= 11 is 3.44. The van der Waals surface area contributed by atoms with E-state index in [1.165, 1.54) is 0 Å². The summed E-state index contributed by atoms with van der Waals surface area (Å²) in [6.07, 6.45) is 1.28. The van der Waals surface area contributed by atoms with Crippen molar-refractivity contribution in [3.8, 4) is 0 Å². The standard InChI is InChI=1S/C15H18BrNO2/c1-3-11-9-17(7-6-14(11)18)15(19)12-5-4-10(2)8-13(12)16/h4-5,8,11H,3,6-7,9H2,1-2H3. The molecule has 19 heavy (non-hydrogen) atoms. The third-order valence-corrected chi connectivity index (χ3v) is 4.32. The molecular formula is C15H18BrNO2. The summed E-state index contributed by atoms with van der Waals surface area (Å²) in [4.78, 5) is 26.0. The number of nitrogens with zero attached hydrogens (tertiary/aromatic N) is 1. The number of hydrogen-bond donors (Lipinski definition) is 0. The van der Waals surface area contributed by atoms with Crippen LogP contribution in [0.1, 0.15) is 35.7 Å². The van der Waals surface area contributed by atoms with Crippen molar-refractivity contribution >= 4 is 27.6 Å². The Morgan fingerprint density at radius 2 is 2.21 bits per heavy atom. The Hall–Kier alpha value is -1.16. The molecule has 1 aromatic carbocycles. The molecule has 1 atom stereocenters. The largest absolute Gasteiger partial charge is 0.337 e. The van der Waals surface area contributed by atoms with E-state index in [1.54, 1.807) is 4.90 Å². The van der Waals surface area contributed by atoms with Crippen LogP contribution in [0.5, 0.6) is 0 Å². The van der Waals surface area contributed by atoms with Crippen LogP contribution in [0.2, 0.25) is 0 Å². The average Bonchev–Trinajstić information content (AvgIpc) is 2.38. The zero-order valence-corrected chi connectivity index (χ0v) is 12.9. The normalized spacial score (nSPS) is 19.6. The Labute approximate surface area is 122 Å². The van der Waals surface area contributed by atoms with Crippen molar-refractivity contribution in [3.05, 3.63) is 33.8 Å². The summed E-state index contributed by atoms with van der Waals surface area (Å²) in [5.74, 6) is 0.300. The Kier molecular flexibility index (Phi) is 4.40. The lowest BCUT2D eigenvalue weighted by molar-refractivity contribution is -0.125. The highest BCUT2D eigenvalue weighted by molar-refractivity contribution is 9.10. The number of piperidine rings is 1. The fourth-order valence-electron chi connectivity index (χ4n) is 2.41. The number of aryl methyl sites for hydroxylation is 1.